The fourth-order valence-corrected chi connectivity index (χ4v) is 3.72. The maximum absolute atomic E-state index is 13.3. The Morgan fingerprint density at radius 1 is 0.969 bits per heavy atom. The number of primary sulfonamides is 1. The molecule has 3 aromatic rings. The van der Waals surface area contributed by atoms with Gasteiger partial charge in [-0.15, -0.1) is 0 Å². The monoisotopic (exact) mass is 449 g/mol. The highest BCUT2D eigenvalue weighted by molar-refractivity contribution is 7.89. The van der Waals surface area contributed by atoms with Crippen molar-refractivity contribution in [2.24, 2.45) is 10.1 Å². The van der Waals surface area contributed by atoms with Gasteiger partial charge in [-0.2, -0.15) is 0 Å². The van der Waals surface area contributed by atoms with Gasteiger partial charge in [0.05, 0.1) is 17.7 Å². The molecule has 0 atom stereocenters. The van der Waals surface area contributed by atoms with Crippen LogP contribution in [0.5, 0.6) is 11.5 Å². The second-order valence-corrected chi connectivity index (χ2v) is 8.53. The van der Waals surface area contributed by atoms with Crippen LogP contribution in [0.2, 0.25) is 0 Å². The first-order valence-electron chi connectivity index (χ1n) is 9.47. The highest BCUT2D eigenvalue weighted by atomic mass is 32.2. The van der Waals surface area contributed by atoms with E-state index in [2.05, 4.69) is 4.99 Å². The Hall–Kier alpha value is -3.95. The van der Waals surface area contributed by atoms with Gasteiger partial charge in [0.1, 0.15) is 23.0 Å². The van der Waals surface area contributed by atoms with E-state index in [0.29, 0.717) is 28.4 Å². The summed E-state index contributed by atoms with van der Waals surface area (Å²) < 4.78 is 28.4. The number of rotatable bonds is 5. The predicted molar refractivity (Wildman–Crippen MR) is 121 cm³/mol. The Labute approximate surface area is 184 Å². The van der Waals surface area contributed by atoms with Gasteiger partial charge in [0, 0.05) is 5.56 Å². The van der Waals surface area contributed by atoms with E-state index in [-0.39, 0.29) is 22.2 Å². The van der Waals surface area contributed by atoms with Crippen LogP contribution in [0, 0.1) is 0 Å². The number of amidine groups is 1. The number of anilines is 1. The third kappa shape index (κ3) is 4.25. The molecule has 0 saturated carbocycles. The molecule has 0 fully saturated rings. The van der Waals surface area contributed by atoms with Gasteiger partial charge in [-0.3, -0.25) is 9.69 Å². The number of carbonyl (C=O) groups is 1. The number of amides is 1. The van der Waals surface area contributed by atoms with Crippen LogP contribution in [-0.4, -0.2) is 32.4 Å². The molecule has 9 heteroatoms. The number of phenolic OH excluding ortho intramolecular Hbond substituents is 1. The van der Waals surface area contributed by atoms with Crippen molar-refractivity contribution in [3.05, 3.63) is 89.6 Å². The van der Waals surface area contributed by atoms with Gasteiger partial charge >= 0.3 is 0 Å². The third-order valence-corrected chi connectivity index (χ3v) is 5.76. The fourth-order valence-electron chi connectivity index (χ4n) is 3.20. The number of sulfonamides is 1. The molecule has 1 heterocycles. The quantitative estimate of drug-likeness (QED) is 0.580. The van der Waals surface area contributed by atoms with Crippen molar-refractivity contribution in [2.45, 2.75) is 4.90 Å². The number of ether oxygens (including phenoxy) is 1. The summed E-state index contributed by atoms with van der Waals surface area (Å²) in [6, 6.07) is 19.1. The van der Waals surface area contributed by atoms with Gasteiger partial charge in [-0.05, 0) is 72.3 Å². The normalized spacial score (nSPS) is 15.2. The predicted octanol–water partition coefficient (Wildman–Crippen LogP) is 2.88. The number of nitrogens with two attached hydrogens (primary N) is 1. The number of aliphatic imine (C=N–C) groups is 1. The van der Waals surface area contributed by atoms with E-state index in [0.717, 1.165) is 0 Å². The van der Waals surface area contributed by atoms with Crippen LogP contribution in [0.3, 0.4) is 0 Å². The molecular weight excluding hydrogens is 430 g/mol. The first-order valence-corrected chi connectivity index (χ1v) is 11.0. The molecule has 0 aliphatic carbocycles. The molecule has 3 aromatic carbocycles. The molecule has 0 saturated heterocycles. The molecule has 0 radical (unpaired) electrons. The largest absolute Gasteiger partial charge is 0.508 e. The Morgan fingerprint density at radius 3 is 2.16 bits per heavy atom. The zero-order chi connectivity index (χ0) is 22.9. The van der Waals surface area contributed by atoms with E-state index < -0.39 is 10.0 Å². The van der Waals surface area contributed by atoms with Crippen molar-refractivity contribution >= 4 is 33.5 Å². The summed E-state index contributed by atoms with van der Waals surface area (Å²) >= 11 is 0. The van der Waals surface area contributed by atoms with Crippen LogP contribution in [0.1, 0.15) is 11.1 Å². The van der Waals surface area contributed by atoms with E-state index in [1.807, 2.05) is 0 Å². The van der Waals surface area contributed by atoms with E-state index in [4.69, 9.17) is 9.88 Å². The summed E-state index contributed by atoms with van der Waals surface area (Å²) in [5, 5.41) is 14.7. The summed E-state index contributed by atoms with van der Waals surface area (Å²) in [5.74, 6) is 0.768. The van der Waals surface area contributed by atoms with Gasteiger partial charge < -0.3 is 9.84 Å². The number of methoxy groups -OCH3 is 1. The minimum Gasteiger partial charge on any atom is -0.508 e. The maximum Gasteiger partial charge on any atom is 0.282 e. The van der Waals surface area contributed by atoms with Gasteiger partial charge in [0.25, 0.3) is 5.91 Å². The number of benzene rings is 3. The number of hydrogen-bond acceptors (Lipinski definition) is 6. The van der Waals surface area contributed by atoms with Crippen LogP contribution in [-0.2, 0) is 14.8 Å². The molecular formula is C23H19N3O5S. The Kier molecular flexibility index (Phi) is 5.52. The van der Waals surface area contributed by atoms with Crippen molar-refractivity contribution in [3.63, 3.8) is 0 Å². The second-order valence-electron chi connectivity index (χ2n) is 6.96. The van der Waals surface area contributed by atoms with E-state index in [9.17, 15) is 18.3 Å². The van der Waals surface area contributed by atoms with Crippen LogP contribution in [0.25, 0.3) is 6.08 Å². The van der Waals surface area contributed by atoms with E-state index in [1.54, 1.807) is 49.6 Å². The first-order chi connectivity index (χ1) is 15.3. The minimum atomic E-state index is -3.86. The molecule has 4 rings (SSSR count). The van der Waals surface area contributed by atoms with Crippen LogP contribution < -0.4 is 14.8 Å². The van der Waals surface area contributed by atoms with Crippen LogP contribution in [0.4, 0.5) is 5.69 Å². The molecule has 3 N–H and O–H groups in total. The van der Waals surface area contributed by atoms with Crippen molar-refractivity contribution in [1.29, 1.82) is 0 Å². The second kappa shape index (κ2) is 8.29. The SMILES string of the molecule is COc1ccc(C2=N/C(=C/c3ccc(O)cc3)C(=O)N2c2ccc(S(N)(=O)=O)cc2)cc1. The van der Waals surface area contributed by atoms with Gasteiger partial charge in [-0.25, -0.2) is 18.5 Å². The van der Waals surface area contributed by atoms with Crippen molar-refractivity contribution in [3.8, 4) is 11.5 Å². The minimum absolute atomic E-state index is 0.0595. The molecule has 0 aromatic heterocycles. The summed E-state index contributed by atoms with van der Waals surface area (Å²) in [7, 11) is -2.31. The zero-order valence-electron chi connectivity index (χ0n) is 17.0. The van der Waals surface area contributed by atoms with Gasteiger partial charge in [-0.1, -0.05) is 12.1 Å². The molecule has 8 nitrogen and oxygen atoms in total. The lowest BCUT2D eigenvalue weighted by Gasteiger charge is -2.19. The Bertz CT molecular complexity index is 1330. The van der Waals surface area contributed by atoms with E-state index in [1.165, 1.54) is 41.3 Å². The Morgan fingerprint density at radius 2 is 1.59 bits per heavy atom. The van der Waals surface area contributed by atoms with Crippen molar-refractivity contribution in [1.82, 2.24) is 0 Å². The van der Waals surface area contributed by atoms with Crippen molar-refractivity contribution < 1.29 is 23.1 Å². The summed E-state index contributed by atoms with van der Waals surface area (Å²) in [6.45, 7) is 0. The average molecular weight is 449 g/mol. The smallest absolute Gasteiger partial charge is 0.282 e. The maximum atomic E-state index is 13.3. The van der Waals surface area contributed by atoms with Crippen LogP contribution >= 0.6 is 0 Å². The average Bonchev–Trinajstić information content (AvgIpc) is 3.11. The molecule has 1 aliphatic heterocycles. The zero-order valence-corrected chi connectivity index (χ0v) is 17.8. The number of hydrogen-bond donors (Lipinski definition) is 2. The lowest BCUT2D eigenvalue weighted by molar-refractivity contribution is -0.113. The Balaban J connectivity index is 1.79. The summed E-state index contributed by atoms with van der Waals surface area (Å²) in [6.07, 6.45) is 1.62. The number of aromatic hydroxyl groups is 1. The van der Waals surface area contributed by atoms with Gasteiger partial charge in [0.2, 0.25) is 10.0 Å². The van der Waals surface area contributed by atoms with Crippen LogP contribution in [0.15, 0.2) is 88.4 Å². The highest BCUT2D eigenvalue weighted by Gasteiger charge is 2.32. The third-order valence-electron chi connectivity index (χ3n) is 4.83. The number of nitrogens with zero attached hydrogens (tertiary/aromatic N) is 2. The lowest BCUT2D eigenvalue weighted by atomic mass is 10.1. The first kappa shape index (κ1) is 21.3. The molecule has 1 amide bonds. The topological polar surface area (TPSA) is 122 Å². The molecule has 162 valence electrons. The van der Waals surface area contributed by atoms with E-state index >= 15 is 0 Å². The van der Waals surface area contributed by atoms with Crippen molar-refractivity contribution in [2.75, 3.05) is 12.0 Å². The standard InChI is InChI=1S/C23H19N3O5S/c1-31-19-10-4-16(5-11-19)22-25-21(14-15-2-8-18(27)9-3-15)23(28)26(22)17-6-12-20(13-7-17)32(24,29)30/h2-14,27H,1H3,(H2,24,29,30)/b21-14+. The molecule has 0 bridgehead atoms. The lowest BCUT2D eigenvalue weighted by Crippen LogP contribution is -2.32. The highest BCUT2D eigenvalue weighted by Crippen LogP contribution is 2.29. The summed E-state index contributed by atoms with van der Waals surface area (Å²) in [5.41, 5.74) is 1.99. The van der Waals surface area contributed by atoms with Gasteiger partial charge in [0.15, 0.2) is 0 Å². The molecule has 0 spiro atoms. The molecule has 0 unspecified atom stereocenters. The fraction of sp³-hybridized carbons (Fsp3) is 0.0435. The summed E-state index contributed by atoms with van der Waals surface area (Å²) in [4.78, 5) is 19.2. The molecule has 1 aliphatic rings. The number of phenols is 1. The molecule has 32 heavy (non-hydrogen) atoms. The number of carbonyl (C=O) groups excluding carboxylic acids is 1.